The summed E-state index contributed by atoms with van der Waals surface area (Å²) in [5.74, 6) is -0.0558. The summed E-state index contributed by atoms with van der Waals surface area (Å²) in [4.78, 5) is 11.5. The van der Waals surface area contributed by atoms with E-state index in [1.807, 2.05) is 24.3 Å². The lowest BCUT2D eigenvalue weighted by atomic mass is 10.0. The Morgan fingerprint density at radius 1 is 1.00 bits per heavy atom. The molecule has 2 rings (SSSR count). The molecule has 0 heterocycles. The lowest BCUT2D eigenvalue weighted by molar-refractivity contribution is 0.0963. The minimum Gasteiger partial charge on any atom is -0.381 e. The molecular formula is C18H22N2O. The van der Waals surface area contributed by atoms with Crippen molar-refractivity contribution in [3.63, 3.8) is 0 Å². The van der Waals surface area contributed by atoms with Gasteiger partial charge in [-0.1, -0.05) is 29.8 Å². The van der Waals surface area contributed by atoms with E-state index in [0.29, 0.717) is 5.56 Å². The first kappa shape index (κ1) is 15.1. The van der Waals surface area contributed by atoms with Gasteiger partial charge in [0.25, 0.3) is 5.91 Å². The van der Waals surface area contributed by atoms with E-state index in [4.69, 9.17) is 0 Å². The number of hydrogen-bond donors (Lipinski definition) is 2. The summed E-state index contributed by atoms with van der Waals surface area (Å²) in [5, 5.41) is 6.11. The van der Waals surface area contributed by atoms with Crippen LogP contribution in [0.3, 0.4) is 0 Å². The van der Waals surface area contributed by atoms with Crippen molar-refractivity contribution in [1.29, 1.82) is 0 Å². The monoisotopic (exact) mass is 282 g/mol. The van der Waals surface area contributed by atoms with Crippen LogP contribution in [0.2, 0.25) is 0 Å². The van der Waals surface area contributed by atoms with E-state index in [-0.39, 0.29) is 5.91 Å². The van der Waals surface area contributed by atoms with Gasteiger partial charge in [0.2, 0.25) is 0 Å². The van der Waals surface area contributed by atoms with Crippen LogP contribution in [0.25, 0.3) is 0 Å². The van der Waals surface area contributed by atoms with Crippen LogP contribution in [0.1, 0.15) is 32.6 Å². The number of aryl methyl sites for hydroxylation is 3. The van der Waals surface area contributed by atoms with Gasteiger partial charge in [0.05, 0.1) is 0 Å². The number of carbonyl (C=O) groups excluding carboxylic acids is 1. The Hall–Kier alpha value is -2.29. The maximum absolute atomic E-state index is 11.5. The van der Waals surface area contributed by atoms with Crippen molar-refractivity contribution in [1.82, 2.24) is 5.32 Å². The number of benzene rings is 2. The van der Waals surface area contributed by atoms with Crippen LogP contribution in [0, 0.1) is 20.8 Å². The van der Waals surface area contributed by atoms with Gasteiger partial charge in [-0.05, 0) is 49.6 Å². The summed E-state index contributed by atoms with van der Waals surface area (Å²) in [6.07, 6.45) is 0. The van der Waals surface area contributed by atoms with Crippen molar-refractivity contribution in [3.8, 4) is 0 Å². The molecule has 1 amide bonds. The normalized spacial score (nSPS) is 10.3. The highest BCUT2D eigenvalue weighted by atomic mass is 16.1. The fourth-order valence-electron chi connectivity index (χ4n) is 2.57. The topological polar surface area (TPSA) is 41.1 Å². The van der Waals surface area contributed by atoms with Crippen LogP contribution in [-0.4, -0.2) is 13.0 Å². The first-order valence-electron chi connectivity index (χ1n) is 7.14. The number of anilines is 1. The van der Waals surface area contributed by atoms with Gasteiger partial charge in [0.1, 0.15) is 0 Å². The van der Waals surface area contributed by atoms with Crippen LogP contribution < -0.4 is 10.6 Å². The Labute approximate surface area is 126 Å². The predicted molar refractivity (Wildman–Crippen MR) is 87.8 cm³/mol. The molecule has 0 bridgehead atoms. The lowest BCUT2D eigenvalue weighted by Gasteiger charge is -2.14. The summed E-state index contributed by atoms with van der Waals surface area (Å²) in [5.41, 5.74) is 6.83. The fraction of sp³-hybridized carbons (Fsp3) is 0.278. The van der Waals surface area contributed by atoms with Gasteiger partial charge >= 0.3 is 0 Å². The fourth-order valence-corrected chi connectivity index (χ4v) is 2.57. The lowest BCUT2D eigenvalue weighted by Crippen LogP contribution is -2.17. The molecule has 0 aliphatic heterocycles. The van der Waals surface area contributed by atoms with E-state index >= 15 is 0 Å². The molecule has 2 aromatic rings. The van der Waals surface area contributed by atoms with Crippen LogP contribution in [-0.2, 0) is 6.54 Å². The summed E-state index contributed by atoms with van der Waals surface area (Å²) in [6.45, 7) is 7.11. The van der Waals surface area contributed by atoms with Crippen molar-refractivity contribution >= 4 is 11.6 Å². The summed E-state index contributed by atoms with van der Waals surface area (Å²) >= 11 is 0. The zero-order valence-electron chi connectivity index (χ0n) is 13.1. The number of hydrogen-bond acceptors (Lipinski definition) is 2. The van der Waals surface area contributed by atoms with Crippen molar-refractivity contribution in [2.45, 2.75) is 27.3 Å². The highest BCUT2D eigenvalue weighted by molar-refractivity contribution is 5.93. The number of carbonyl (C=O) groups is 1. The van der Waals surface area contributed by atoms with Gasteiger partial charge in [-0.2, -0.15) is 0 Å². The standard InChI is InChI=1S/C18H22N2O/c1-12-9-13(2)17(14(3)10-12)20-11-15-5-7-16(8-6-15)18(21)19-4/h5-10,20H,11H2,1-4H3,(H,19,21). The van der Waals surface area contributed by atoms with Gasteiger partial charge in [0.15, 0.2) is 0 Å². The first-order valence-corrected chi connectivity index (χ1v) is 7.14. The van der Waals surface area contributed by atoms with E-state index in [1.54, 1.807) is 7.05 Å². The van der Waals surface area contributed by atoms with E-state index in [9.17, 15) is 4.79 Å². The zero-order valence-corrected chi connectivity index (χ0v) is 13.1. The van der Waals surface area contributed by atoms with Gasteiger partial charge in [-0.3, -0.25) is 4.79 Å². The molecule has 0 spiro atoms. The maximum Gasteiger partial charge on any atom is 0.251 e. The van der Waals surface area contributed by atoms with Crippen LogP contribution in [0.15, 0.2) is 36.4 Å². The molecule has 0 radical (unpaired) electrons. The molecule has 2 aromatic carbocycles. The molecule has 110 valence electrons. The van der Waals surface area contributed by atoms with Gasteiger partial charge < -0.3 is 10.6 Å². The Kier molecular flexibility index (Phi) is 4.63. The maximum atomic E-state index is 11.5. The molecule has 0 fully saturated rings. The van der Waals surface area contributed by atoms with E-state index in [1.165, 1.54) is 22.4 Å². The van der Waals surface area contributed by atoms with Crippen LogP contribution >= 0.6 is 0 Å². The third-order valence-electron chi connectivity index (χ3n) is 3.59. The molecule has 0 atom stereocenters. The van der Waals surface area contributed by atoms with Crippen molar-refractivity contribution in [2.75, 3.05) is 12.4 Å². The van der Waals surface area contributed by atoms with Gasteiger partial charge in [-0.25, -0.2) is 0 Å². The first-order chi connectivity index (χ1) is 10.0. The molecule has 0 unspecified atom stereocenters. The smallest absolute Gasteiger partial charge is 0.251 e. The SMILES string of the molecule is CNC(=O)c1ccc(CNc2c(C)cc(C)cc2C)cc1. The minimum absolute atomic E-state index is 0.0558. The molecule has 2 N–H and O–H groups in total. The second-order valence-corrected chi connectivity index (χ2v) is 5.40. The van der Waals surface area contributed by atoms with E-state index in [0.717, 1.165) is 12.1 Å². The molecule has 0 aromatic heterocycles. The second kappa shape index (κ2) is 6.44. The highest BCUT2D eigenvalue weighted by Crippen LogP contribution is 2.22. The molecule has 21 heavy (non-hydrogen) atoms. The highest BCUT2D eigenvalue weighted by Gasteiger charge is 2.05. The molecule has 0 saturated heterocycles. The molecule has 3 heteroatoms. The molecule has 0 aliphatic carbocycles. The molecule has 3 nitrogen and oxygen atoms in total. The van der Waals surface area contributed by atoms with Crippen LogP contribution in [0.5, 0.6) is 0 Å². The van der Waals surface area contributed by atoms with Crippen LogP contribution in [0.4, 0.5) is 5.69 Å². The van der Waals surface area contributed by atoms with Gasteiger partial charge in [-0.15, -0.1) is 0 Å². The largest absolute Gasteiger partial charge is 0.381 e. The Bertz CT molecular complexity index is 622. The van der Waals surface area contributed by atoms with E-state index in [2.05, 4.69) is 43.5 Å². The number of amides is 1. The summed E-state index contributed by atoms with van der Waals surface area (Å²) in [7, 11) is 1.64. The Morgan fingerprint density at radius 2 is 1.57 bits per heavy atom. The summed E-state index contributed by atoms with van der Waals surface area (Å²) < 4.78 is 0. The molecule has 0 aliphatic rings. The summed E-state index contributed by atoms with van der Waals surface area (Å²) in [6, 6.07) is 12.0. The van der Waals surface area contributed by atoms with E-state index < -0.39 is 0 Å². The third kappa shape index (κ3) is 3.63. The van der Waals surface area contributed by atoms with Crippen molar-refractivity contribution < 1.29 is 4.79 Å². The number of nitrogens with one attached hydrogen (secondary N) is 2. The van der Waals surface area contributed by atoms with Gasteiger partial charge in [0, 0.05) is 24.8 Å². The average molecular weight is 282 g/mol. The molecule has 0 saturated carbocycles. The number of rotatable bonds is 4. The second-order valence-electron chi connectivity index (χ2n) is 5.40. The minimum atomic E-state index is -0.0558. The Morgan fingerprint density at radius 3 is 2.10 bits per heavy atom. The quantitative estimate of drug-likeness (QED) is 0.900. The average Bonchev–Trinajstić information content (AvgIpc) is 2.46. The molecular weight excluding hydrogens is 260 g/mol. The Balaban J connectivity index is 2.08. The van der Waals surface area contributed by atoms with Crippen molar-refractivity contribution in [2.24, 2.45) is 0 Å². The third-order valence-corrected chi connectivity index (χ3v) is 3.59. The predicted octanol–water partition coefficient (Wildman–Crippen LogP) is 3.58. The van der Waals surface area contributed by atoms with Crippen molar-refractivity contribution in [3.05, 3.63) is 64.2 Å². The zero-order chi connectivity index (χ0) is 15.4.